The molecule has 1 aromatic carbocycles. The average Bonchev–Trinajstić information content (AvgIpc) is 2.61. The zero-order valence-corrected chi connectivity index (χ0v) is 15.7. The average molecular weight is 366 g/mol. The first-order valence-corrected chi connectivity index (χ1v) is 8.70. The molecule has 1 aromatic rings. The van der Waals surface area contributed by atoms with Gasteiger partial charge in [0.05, 0.1) is 17.7 Å². The van der Waals surface area contributed by atoms with Gasteiger partial charge in [-0.25, -0.2) is 14.5 Å². The second kappa shape index (κ2) is 8.89. The van der Waals surface area contributed by atoms with Gasteiger partial charge in [-0.3, -0.25) is 4.89 Å². The minimum atomic E-state index is -1.02. The summed E-state index contributed by atoms with van der Waals surface area (Å²) in [7, 11) is 1.52. The second-order valence-corrected chi connectivity index (χ2v) is 7.46. The topological polar surface area (TPSA) is 80.3 Å². The lowest BCUT2D eigenvalue weighted by Crippen LogP contribution is -2.30. The Labute approximate surface area is 153 Å². The number of hydrogen-bond donors (Lipinski definition) is 0. The van der Waals surface area contributed by atoms with Gasteiger partial charge in [0, 0.05) is 0 Å². The highest BCUT2D eigenvalue weighted by Crippen LogP contribution is 2.38. The van der Waals surface area contributed by atoms with E-state index in [0.29, 0.717) is 11.7 Å². The number of ether oxygens (including phenoxy) is 2. The van der Waals surface area contributed by atoms with Crippen LogP contribution in [-0.2, 0) is 19.6 Å². The predicted molar refractivity (Wildman–Crippen MR) is 92.3 cm³/mol. The molecule has 0 N–H and O–H groups in total. The molecule has 0 aromatic heterocycles. The van der Waals surface area contributed by atoms with Gasteiger partial charge >= 0.3 is 12.1 Å². The summed E-state index contributed by atoms with van der Waals surface area (Å²) < 4.78 is 10.2. The molecule has 1 aliphatic rings. The van der Waals surface area contributed by atoms with Crippen molar-refractivity contribution in [3.8, 4) is 5.75 Å². The number of methoxy groups -OCH3 is 1. The van der Waals surface area contributed by atoms with Gasteiger partial charge in [0.15, 0.2) is 0 Å². The van der Waals surface area contributed by atoms with Crippen LogP contribution in [0, 0.1) is 11.3 Å². The maximum atomic E-state index is 11.7. The Balaban J connectivity index is 1.66. The zero-order chi connectivity index (χ0) is 19.2. The summed E-state index contributed by atoms with van der Waals surface area (Å²) in [4.78, 5) is 32.1. The molecule has 1 fully saturated rings. The Morgan fingerprint density at radius 3 is 2.12 bits per heavy atom. The standard InChI is InChI=1S/C19H26O7/c1-19(2,3)14-7-11-16(12-8-14)23-18(21)25-26-24-17(20)13-5-9-15(22-4)10-6-13/h5-6,9-10,14,16H,7-8,11-12H2,1-4H3. The van der Waals surface area contributed by atoms with Crippen molar-refractivity contribution < 1.29 is 33.9 Å². The summed E-state index contributed by atoms with van der Waals surface area (Å²) in [6.45, 7) is 6.66. The van der Waals surface area contributed by atoms with Crippen LogP contribution in [-0.4, -0.2) is 25.3 Å². The number of benzene rings is 1. The Bertz CT molecular complexity index is 595. The van der Waals surface area contributed by atoms with Crippen molar-refractivity contribution in [3.05, 3.63) is 29.8 Å². The monoisotopic (exact) mass is 366 g/mol. The third-order valence-electron chi connectivity index (χ3n) is 4.70. The zero-order valence-electron chi connectivity index (χ0n) is 15.7. The molecule has 1 saturated carbocycles. The molecule has 0 amide bonds. The molecule has 0 spiro atoms. The molecule has 0 atom stereocenters. The van der Waals surface area contributed by atoms with Gasteiger partial charge in [-0.05, 0) is 61.3 Å². The molecule has 0 saturated heterocycles. The molecule has 0 aliphatic heterocycles. The summed E-state index contributed by atoms with van der Waals surface area (Å²) in [5.41, 5.74) is 0.479. The Morgan fingerprint density at radius 2 is 1.58 bits per heavy atom. The molecular formula is C19H26O7. The van der Waals surface area contributed by atoms with Crippen molar-refractivity contribution in [1.82, 2.24) is 0 Å². The smallest absolute Gasteiger partial charge is 0.497 e. The minimum absolute atomic E-state index is 0.206. The first-order valence-electron chi connectivity index (χ1n) is 8.70. The van der Waals surface area contributed by atoms with Crippen LogP contribution in [0.25, 0.3) is 0 Å². The lowest BCUT2D eigenvalue weighted by molar-refractivity contribution is -0.453. The quantitative estimate of drug-likeness (QED) is 0.432. The van der Waals surface area contributed by atoms with Crippen molar-refractivity contribution in [3.63, 3.8) is 0 Å². The number of rotatable bonds is 5. The van der Waals surface area contributed by atoms with Crippen molar-refractivity contribution in [2.75, 3.05) is 7.11 Å². The predicted octanol–water partition coefficient (Wildman–Crippen LogP) is 4.46. The number of carbonyl (C=O) groups is 2. The highest BCUT2D eigenvalue weighted by atomic mass is 17.5. The molecular weight excluding hydrogens is 340 g/mol. The van der Waals surface area contributed by atoms with Crippen molar-refractivity contribution in [1.29, 1.82) is 0 Å². The Kier molecular flexibility index (Phi) is 6.85. The van der Waals surface area contributed by atoms with Gasteiger partial charge in [-0.15, -0.1) is 0 Å². The van der Waals surface area contributed by atoms with E-state index in [-0.39, 0.29) is 17.1 Å². The minimum Gasteiger partial charge on any atom is -0.497 e. The van der Waals surface area contributed by atoms with E-state index in [1.54, 1.807) is 12.1 Å². The lowest BCUT2D eigenvalue weighted by atomic mass is 9.72. The van der Waals surface area contributed by atoms with Gasteiger partial charge < -0.3 is 9.47 Å². The van der Waals surface area contributed by atoms with Crippen LogP contribution < -0.4 is 4.74 Å². The van der Waals surface area contributed by atoms with E-state index in [9.17, 15) is 9.59 Å². The van der Waals surface area contributed by atoms with Gasteiger partial charge in [0.2, 0.25) is 0 Å². The van der Waals surface area contributed by atoms with E-state index in [1.165, 1.54) is 19.2 Å². The van der Waals surface area contributed by atoms with E-state index in [0.717, 1.165) is 25.7 Å². The van der Waals surface area contributed by atoms with Crippen LogP contribution in [0.1, 0.15) is 56.8 Å². The van der Waals surface area contributed by atoms with E-state index in [4.69, 9.17) is 9.47 Å². The van der Waals surface area contributed by atoms with Crippen LogP contribution in [0.15, 0.2) is 24.3 Å². The van der Waals surface area contributed by atoms with Gasteiger partial charge in [-0.1, -0.05) is 20.8 Å². The SMILES string of the molecule is COc1ccc(C(=O)OOOC(=O)OC2CCC(C(C)(C)C)CC2)cc1. The fourth-order valence-electron chi connectivity index (χ4n) is 3.05. The molecule has 0 radical (unpaired) electrons. The first-order chi connectivity index (χ1) is 12.3. The van der Waals surface area contributed by atoms with E-state index in [1.807, 2.05) is 0 Å². The molecule has 0 unspecified atom stereocenters. The van der Waals surface area contributed by atoms with Crippen molar-refractivity contribution >= 4 is 12.1 Å². The largest absolute Gasteiger partial charge is 0.543 e. The third-order valence-corrected chi connectivity index (χ3v) is 4.70. The lowest BCUT2D eigenvalue weighted by Gasteiger charge is -2.36. The molecule has 26 heavy (non-hydrogen) atoms. The molecule has 0 bridgehead atoms. The highest BCUT2D eigenvalue weighted by molar-refractivity contribution is 5.89. The van der Waals surface area contributed by atoms with Crippen molar-refractivity contribution in [2.45, 2.75) is 52.6 Å². The fourth-order valence-corrected chi connectivity index (χ4v) is 3.05. The third kappa shape index (κ3) is 5.91. The molecule has 1 aliphatic carbocycles. The molecule has 7 nitrogen and oxygen atoms in total. The highest BCUT2D eigenvalue weighted by Gasteiger charge is 2.31. The van der Waals surface area contributed by atoms with Crippen LogP contribution in [0.4, 0.5) is 4.79 Å². The Morgan fingerprint density at radius 1 is 0.962 bits per heavy atom. The maximum absolute atomic E-state index is 11.7. The first kappa shape index (κ1) is 20.0. The van der Waals surface area contributed by atoms with Crippen LogP contribution in [0.5, 0.6) is 5.75 Å². The summed E-state index contributed by atoms with van der Waals surface area (Å²) in [6, 6.07) is 6.19. The molecule has 2 rings (SSSR count). The Hall–Kier alpha value is -2.28. The van der Waals surface area contributed by atoms with Gasteiger partial charge in [-0.2, -0.15) is 0 Å². The summed E-state index contributed by atoms with van der Waals surface area (Å²) >= 11 is 0. The van der Waals surface area contributed by atoms with Gasteiger partial charge in [0.1, 0.15) is 11.9 Å². The van der Waals surface area contributed by atoms with Crippen LogP contribution in [0.3, 0.4) is 0 Å². The van der Waals surface area contributed by atoms with Crippen LogP contribution in [0.2, 0.25) is 0 Å². The number of hydrogen-bond acceptors (Lipinski definition) is 7. The van der Waals surface area contributed by atoms with Crippen LogP contribution >= 0.6 is 0 Å². The summed E-state index contributed by atoms with van der Waals surface area (Å²) in [5.74, 6) is 0.412. The summed E-state index contributed by atoms with van der Waals surface area (Å²) in [5, 5.41) is 4.23. The normalized spacial score (nSPS) is 20.2. The fraction of sp³-hybridized carbons (Fsp3) is 0.579. The van der Waals surface area contributed by atoms with E-state index in [2.05, 4.69) is 35.6 Å². The second-order valence-electron chi connectivity index (χ2n) is 7.46. The number of carbonyl (C=O) groups excluding carboxylic acids is 2. The maximum Gasteiger partial charge on any atom is 0.543 e. The van der Waals surface area contributed by atoms with Crippen molar-refractivity contribution in [2.24, 2.45) is 11.3 Å². The molecule has 7 heteroatoms. The van der Waals surface area contributed by atoms with Gasteiger partial charge in [0.25, 0.3) is 0 Å². The van der Waals surface area contributed by atoms with E-state index >= 15 is 0 Å². The summed E-state index contributed by atoms with van der Waals surface area (Å²) in [6.07, 6.45) is 2.32. The molecule has 0 heterocycles. The van der Waals surface area contributed by atoms with E-state index < -0.39 is 12.1 Å². The molecule has 144 valence electrons.